The molecule has 0 saturated carbocycles. The molecule has 16 heavy (non-hydrogen) atoms. The minimum absolute atomic E-state index is 0.181. The fraction of sp³-hybridized carbons (Fsp3) is 0.167. The molecule has 0 atom stereocenters. The smallest absolute Gasteiger partial charge is 0.268 e. The van der Waals surface area contributed by atoms with Crippen molar-refractivity contribution in [2.24, 2.45) is 0 Å². The fourth-order valence-corrected chi connectivity index (χ4v) is 1.73. The lowest BCUT2D eigenvalue weighted by molar-refractivity contribution is 0.400. The molecule has 0 aliphatic carbocycles. The van der Waals surface area contributed by atoms with Gasteiger partial charge in [0.05, 0.1) is 12.7 Å². The van der Waals surface area contributed by atoms with Crippen molar-refractivity contribution in [1.29, 1.82) is 0 Å². The molecule has 0 fully saturated rings. The third-order valence-electron chi connectivity index (χ3n) is 2.46. The zero-order valence-electron chi connectivity index (χ0n) is 8.62. The van der Waals surface area contributed by atoms with Gasteiger partial charge in [-0.25, -0.2) is 0 Å². The van der Waals surface area contributed by atoms with Crippen molar-refractivity contribution < 1.29 is 4.74 Å². The van der Waals surface area contributed by atoms with Gasteiger partial charge in [-0.3, -0.25) is 9.59 Å². The van der Waals surface area contributed by atoms with Gasteiger partial charge >= 0.3 is 0 Å². The second kappa shape index (κ2) is 4.10. The topological polar surface area (TPSA) is 43.4 Å². The number of ether oxygens (including phenoxy) is 1. The molecule has 0 amide bonds. The van der Waals surface area contributed by atoms with Gasteiger partial charge in [0.15, 0.2) is 5.75 Å². The first-order chi connectivity index (χ1) is 7.63. The average Bonchev–Trinajstić information content (AvgIpc) is 2.30. The van der Waals surface area contributed by atoms with Gasteiger partial charge in [0, 0.05) is 11.4 Å². The molecule has 4 heteroatoms. The second-order valence-electron chi connectivity index (χ2n) is 3.47. The highest BCUT2D eigenvalue weighted by molar-refractivity contribution is 6.30. The molecule has 0 unspecified atom stereocenters. The Hall–Kier alpha value is -1.61. The Bertz CT molecular complexity index is 577. The molecule has 0 heterocycles. The van der Waals surface area contributed by atoms with E-state index in [1.165, 1.54) is 7.11 Å². The van der Waals surface area contributed by atoms with Crippen molar-refractivity contribution in [2.75, 3.05) is 7.11 Å². The summed E-state index contributed by atoms with van der Waals surface area (Å²) in [7, 11) is 1.39. The minimum atomic E-state index is -0.536. The summed E-state index contributed by atoms with van der Waals surface area (Å²) in [5, 5.41) is 0.640. The Balaban J connectivity index is 2.28. The van der Waals surface area contributed by atoms with Gasteiger partial charge < -0.3 is 4.74 Å². The molecule has 0 aromatic heterocycles. The summed E-state index contributed by atoms with van der Waals surface area (Å²) in [5.41, 5.74) is 0.378. The predicted octanol–water partition coefficient (Wildman–Crippen LogP) is 1.54. The van der Waals surface area contributed by atoms with Crippen LogP contribution in [0.5, 0.6) is 5.75 Å². The third kappa shape index (κ3) is 1.74. The first-order valence-corrected chi connectivity index (χ1v) is 5.12. The van der Waals surface area contributed by atoms with Crippen molar-refractivity contribution in [1.82, 2.24) is 0 Å². The maximum Gasteiger partial charge on any atom is 0.268 e. The van der Waals surface area contributed by atoms with Gasteiger partial charge in [-0.15, -0.1) is 0 Å². The van der Waals surface area contributed by atoms with E-state index in [1.807, 2.05) is 12.1 Å². The zero-order valence-corrected chi connectivity index (χ0v) is 9.38. The summed E-state index contributed by atoms with van der Waals surface area (Å²) in [6.07, 6.45) is 0.408. The minimum Gasteiger partial charge on any atom is -0.492 e. The Kier molecular flexibility index (Phi) is 2.79. The Morgan fingerprint density at radius 2 is 1.75 bits per heavy atom. The van der Waals surface area contributed by atoms with E-state index in [0.29, 0.717) is 17.0 Å². The van der Waals surface area contributed by atoms with E-state index in [1.54, 1.807) is 12.1 Å². The van der Waals surface area contributed by atoms with Crippen molar-refractivity contribution in [3.63, 3.8) is 0 Å². The summed E-state index contributed by atoms with van der Waals surface area (Å²) >= 11 is 5.75. The molecule has 2 aromatic carbocycles. The van der Waals surface area contributed by atoms with Crippen molar-refractivity contribution >= 4 is 11.6 Å². The van der Waals surface area contributed by atoms with Crippen LogP contribution < -0.4 is 15.6 Å². The summed E-state index contributed by atoms with van der Waals surface area (Å²) < 4.78 is 4.86. The molecule has 82 valence electrons. The Morgan fingerprint density at radius 1 is 1.12 bits per heavy atom. The van der Waals surface area contributed by atoms with E-state index in [9.17, 15) is 9.59 Å². The summed E-state index contributed by atoms with van der Waals surface area (Å²) in [4.78, 5) is 22.4. The molecular formula is C12H9ClO3. The van der Waals surface area contributed by atoms with Crippen molar-refractivity contribution in [2.45, 2.75) is 6.42 Å². The molecule has 0 saturated heterocycles. The van der Waals surface area contributed by atoms with Crippen LogP contribution in [0.1, 0.15) is 11.1 Å². The number of rotatable bonds is 3. The first kappa shape index (κ1) is 10.9. The van der Waals surface area contributed by atoms with Crippen LogP contribution in [0.15, 0.2) is 33.9 Å². The van der Waals surface area contributed by atoms with Crippen LogP contribution in [0.3, 0.4) is 0 Å². The van der Waals surface area contributed by atoms with Gasteiger partial charge in [-0.1, -0.05) is 23.7 Å². The number of hydrogen-bond acceptors (Lipinski definition) is 3. The van der Waals surface area contributed by atoms with Crippen molar-refractivity contribution in [3.05, 3.63) is 60.9 Å². The van der Waals surface area contributed by atoms with Crippen LogP contribution in [-0.4, -0.2) is 7.11 Å². The van der Waals surface area contributed by atoms with Crippen molar-refractivity contribution in [3.8, 4) is 5.75 Å². The number of hydrogen-bond donors (Lipinski definition) is 0. The van der Waals surface area contributed by atoms with Crippen LogP contribution in [-0.2, 0) is 6.42 Å². The molecular weight excluding hydrogens is 228 g/mol. The Labute approximate surface area is 96.9 Å². The highest BCUT2D eigenvalue weighted by Crippen LogP contribution is 2.17. The van der Waals surface area contributed by atoms with E-state index >= 15 is 0 Å². The number of halogens is 1. The van der Waals surface area contributed by atoms with Gasteiger partial charge in [0.2, 0.25) is 5.43 Å². The lowest BCUT2D eigenvalue weighted by Crippen LogP contribution is -2.36. The molecule has 0 bridgehead atoms. The number of methoxy groups -OCH3 is 1. The SMILES string of the molecule is COc1c(Cc2ccc(Cl)cc2)c(=O)c1=O. The summed E-state index contributed by atoms with van der Waals surface area (Å²) in [5.74, 6) is 0.181. The standard InChI is InChI=1S/C12H9ClO3/c1-16-12-9(10(14)11(12)15)6-7-2-4-8(13)5-3-7/h2-5H,6H2,1H3. The quantitative estimate of drug-likeness (QED) is 0.760. The van der Waals surface area contributed by atoms with Crippen LogP contribution in [0.2, 0.25) is 5.02 Å². The monoisotopic (exact) mass is 236 g/mol. The van der Waals surface area contributed by atoms with Crippen LogP contribution >= 0.6 is 11.6 Å². The normalized spacial score (nSPS) is 10.6. The third-order valence-corrected chi connectivity index (χ3v) is 2.71. The Morgan fingerprint density at radius 3 is 2.31 bits per heavy atom. The molecule has 2 aromatic rings. The summed E-state index contributed by atoms with van der Waals surface area (Å²) in [6, 6.07) is 7.13. The maximum atomic E-state index is 11.3. The van der Waals surface area contributed by atoms with Gasteiger partial charge in [0.1, 0.15) is 0 Å². The summed E-state index contributed by atoms with van der Waals surface area (Å²) in [6.45, 7) is 0. The van der Waals surface area contributed by atoms with Crippen LogP contribution in [0.25, 0.3) is 0 Å². The van der Waals surface area contributed by atoms with Gasteiger partial charge in [-0.2, -0.15) is 0 Å². The molecule has 3 nitrogen and oxygen atoms in total. The largest absolute Gasteiger partial charge is 0.492 e. The number of benzene rings is 1. The highest BCUT2D eigenvalue weighted by atomic mass is 35.5. The molecule has 0 radical (unpaired) electrons. The molecule has 0 aliphatic heterocycles. The van der Waals surface area contributed by atoms with Gasteiger partial charge in [-0.05, 0) is 17.7 Å². The van der Waals surface area contributed by atoms with Crippen LogP contribution in [0, 0.1) is 0 Å². The molecule has 2 rings (SSSR count). The first-order valence-electron chi connectivity index (χ1n) is 4.74. The molecule has 0 aliphatic rings. The maximum absolute atomic E-state index is 11.3. The van der Waals surface area contributed by atoms with E-state index in [-0.39, 0.29) is 5.75 Å². The van der Waals surface area contributed by atoms with Crippen LogP contribution in [0.4, 0.5) is 0 Å². The van der Waals surface area contributed by atoms with E-state index < -0.39 is 10.9 Å². The van der Waals surface area contributed by atoms with E-state index in [4.69, 9.17) is 16.3 Å². The lowest BCUT2D eigenvalue weighted by atomic mass is 10.0. The lowest BCUT2D eigenvalue weighted by Gasteiger charge is -2.09. The zero-order chi connectivity index (χ0) is 11.7. The van der Waals surface area contributed by atoms with E-state index in [0.717, 1.165) is 5.56 Å². The fourth-order valence-electron chi connectivity index (χ4n) is 1.60. The second-order valence-corrected chi connectivity index (χ2v) is 3.91. The molecule has 0 spiro atoms. The highest BCUT2D eigenvalue weighted by Gasteiger charge is 2.21. The predicted molar refractivity (Wildman–Crippen MR) is 62.2 cm³/mol. The molecule has 0 N–H and O–H groups in total. The van der Waals surface area contributed by atoms with Gasteiger partial charge in [0.25, 0.3) is 5.43 Å². The average molecular weight is 237 g/mol. The van der Waals surface area contributed by atoms with E-state index in [2.05, 4.69) is 0 Å².